The summed E-state index contributed by atoms with van der Waals surface area (Å²) >= 11 is 0. The topological polar surface area (TPSA) is 164 Å². The van der Waals surface area contributed by atoms with E-state index in [1.54, 1.807) is 12.0 Å². The molecule has 3 aliphatic rings. The standard InChI is InChI=1S/C43H55N7O7/c1-23(2)36(48-41(52)55-9)40(51)50-20-26(21-54-8)16-34(50)39-45-31-13-12-27-17-29-25(4)28(22-56-35(29)18-30(27)37(31)47-39)15-24(3)32-19-44-38(46-32)33-11-10-14-49(33)42(53)57-43(5,6)7/h12-13,15,17-19,23,26,33-34,36H,10-11,14,16,20-22H2,1-9H3,(H,44,46)(H,45,47)(H,48,52)/b24-15+/t26-,33-,34-,36-/m0/s1. The molecule has 3 aliphatic heterocycles. The summed E-state index contributed by atoms with van der Waals surface area (Å²) < 4.78 is 22.4. The molecular weight excluding hydrogens is 727 g/mol. The van der Waals surface area contributed by atoms with Crippen LogP contribution >= 0.6 is 0 Å². The zero-order chi connectivity index (χ0) is 40.8. The predicted molar refractivity (Wildman–Crippen MR) is 217 cm³/mol. The molecule has 14 heteroatoms. The van der Waals surface area contributed by atoms with Crippen molar-refractivity contribution in [2.45, 2.75) is 91.5 Å². The lowest BCUT2D eigenvalue weighted by molar-refractivity contribution is -0.135. The number of fused-ring (bicyclic) bond motifs is 4. The Hall–Kier alpha value is -5.37. The first kappa shape index (κ1) is 39.8. The molecule has 5 heterocycles. The van der Waals surface area contributed by atoms with Crippen LogP contribution in [0, 0.1) is 11.8 Å². The van der Waals surface area contributed by atoms with Crippen LogP contribution in [0.5, 0.6) is 5.75 Å². The third-order valence-electron chi connectivity index (χ3n) is 11.2. The molecular formula is C43H55N7O7. The highest BCUT2D eigenvalue weighted by atomic mass is 16.6. The molecule has 3 N–H and O–H groups in total. The van der Waals surface area contributed by atoms with Crippen molar-refractivity contribution in [3.8, 4) is 5.75 Å². The van der Waals surface area contributed by atoms with Crippen LogP contribution in [0.25, 0.3) is 33.0 Å². The SMILES string of the molecule is COC[C@H]1C[C@@H](c2nc3ccc4cc5c(cc4c3[nH]2)OCC(/C=C(\C)c2cnc([C@@H]3CCCN3C(=O)OC(C)(C)C)[nH]2)=C5C)N(C(=O)[C@@H](NC(=O)OC)C(C)C)C1. The molecule has 14 nitrogen and oxygen atoms in total. The van der Waals surface area contributed by atoms with Gasteiger partial charge < -0.3 is 39.1 Å². The van der Waals surface area contributed by atoms with E-state index < -0.39 is 17.7 Å². The number of amides is 3. The Morgan fingerprint density at radius 2 is 1.88 bits per heavy atom. The smallest absolute Gasteiger partial charge is 0.410 e. The van der Waals surface area contributed by atoms with Crippen LogP contribution in [0.15, 0.2) is 42.1 Å². The molecule has 304 valence electrons. The Morgan fingerprint density at radius 3 is 2.60 bits per heavy atom. The van der Waals surface area contributed by atoms with Gasteiger partial charge >= 0.3 is 12.2 Å². The minimum absolute atomic E-state index is 0.110. The molecule has 4 aromatic rings. The van der Waals surface area contributed by atoms with Gasteiger partial charge in [0.25, 0.3) is 0 Å². The van der Waals surface area contributed by atoms with Gasteiger partial charge in [0.2, 0.25) is 5.91 Å². The Bertz CT molecular complexity index is 2250. The average molecular weight is 782 g/mol. The number of methoxy groups -OCH3 is 2. The lowest BCUT2D eigenvalue weighted by atomic mass is 9.94. The van der Waals surface area contributed by atoms with Crippen molar-refractivity contribution < 1.29 is 33.3 Å². The van der Waals surface area contributed by atoms with Crippen molar-refractivity contribution in [2.75, 3.05) is 40.5 Å². The molecule has 0 saturated carbocycles. The third kappa shape index (κ3) is 8.09. The van der Waals surface area contributed by atoms with Crippen LogP contribution in [0.1, 0.15) is 103 Å². The van der Waals surface area contributed by atoms with Gasteiger partial charge in [-0.1, -0.05) is 26.0 Å². The van der Waals surface area contributed by atoms with E-state index in [1.165, 1.54) is 7.11 Å². The molecule has 4 atom stereocenters. The Labute approximate surface area is 333 Å². The average Bonchev–Trinajstić information content (AvgIpc) is 3.99. The molecule has 2 fully saturated rings. The van der Waals surface area contributed by atoms with Gasteiger partial charge in [-0.2, -0.15) is 0 Å². The van der Waals surface area contributed by atoms with Crippen LogP contribution in [-0.2, 0) is 19.0 Å². The van der Waals surface area contributed by atoms with Gasteiger partial charge in [0, 0.05) is 37.1 Å². The van der Waals surface area contributed by atoms with Crippen molar-refractivity contribution in [1.29, 1.82) is 0 Å². The molecule has 0 radical (unpaired) electrons. The fourth-order valence-electron chi connectivity index (χ4n) is 8.30. The van der Waals surface area contributed by atoms with Gasteiger partial charge in [-0.25, -0.2) is 19.6 Å². The normalized spacial score (nSPS) is 20.7. The van der Waals surface area contributed by atoms with Gasteiger partial charge in [0.15, 0.2) is 0 Å². The number of H-pyrrole nitrogens is 2. The molecule has 57 heavy (non-hydrogen) atoms. The maximum Gasteiger partial charge on any atom is 0.410 e. The van der Waals surface area contributed by atoms with E-state index in [1.807, 2.05) is 51.8 Å². The molecule has 0 bridgehead atoms. The number of aromatic nitrogens is 4. The molecule has 3 amide bonds. The minimum Gasteiger partial charge on any atom is -0.488 e. The summed E-state index contributed by atoms with van der Waals surface area (Å²) in [7, 11) is 2.96. The number of benzene rings is 2. The van der Waals surface area contributed by atoms with E-state index in [4.69, 9.17) is 23.9 Å². The van der Waals surface area contributed by atoms with Gasteiger partial charge in [-0.15, -0.1) is 0 Å². The van der Waals surface area contributed by atoms with Crippen LogP contribution in [0.2, 0.25) is 0 Å². The number of aromatic amines is 2. The maximum absolute atomic E-state index is 14.0. The highest BCUT2D eigenvalue weighted by molar-refractivity contribution is 6.06. The first-order valence-corrected chi connectivity index (χ1v) is 19.8. The van der Waals surface area contributed by atoms with Crippen molar-refractivity contribution in [1.82, 2.24) is 35.1 Å². The van der Waals surface area contributed by atoms with Crippen molar-refractivity contribution >= 4 is 51.0 Å². The lowest BCUT2D eigenvalue weighted by Crippen LogP contribution is -2.51. The molecule has 0 unspecified atom stereocenters. The van der Waals surface area contributed by atoms with E-state index in [9.17, 15) is 14.4 Å². The molecule has 2 aromatic heterocycles. The number of nitrogens with one attached hydrogen (secondary N) is 3. The van der Waals surface area contributed by atoms with E-state index >= 15 is 0 Å². The number of imidazole rings is 2. The van der Waals surface area contributed by atoms with Crippen LogP contribution in [-0.4, -0.2) is 100.0 Å². The number of hydrogen-bond acceptors (Lipinski definition) is 9. The lowest BCUT2D eigenvalue weighted by Gasteiger charge is -2.30. The number of allylic oxidation sites excluding steroid dienone is 2. The molecule has 0 spiro atoms. The summed E-state index contributed by atoms with van der Waals surface area (Å²) in [5.74, 6) is 2.02. The quantitative estimate of drug-likeness (QED) is 0.154. The number of rotatable bonds is 9. The van der Waals surface area contributed by atoms with Gasteiger partial charge in [0.05, 0.1) is 48.7 Å². The molecule has 2 saturated heterocycles. The molecule has 7 rings (SSSR count). The fraction of sp³-hybridized carbons (Fsp3) is 0.512. The first-order valence-electron chi connectivity index (χ1n) is 19.8. The minimum atomic E-state index is -0.749. The Kier molecular flexibility index (Phi) is 11.1. The third-order valence-corrected chi connectivity index (χ3v) is 11.2. The summed E-state index contributed by atoms with van der Waals surface area (Å²) in [6.45, 7) is 15.6. The van der Waals surface area contributed by atoms with E-state index in [-0.39, 0.29) is 35.9 Å². The van der Waals surface area contributed by atoms with Crippen molar-refractivity contribution in [3.63, 3.8) is 0 Å². The monoisotopic (exact) mass is 781 g/mol. The van der Waals surface area contributed by atoms with Crippen LogP contribution in [0.3, 0.4) is 0 Å². The predicted octanol–water partition coefficient (Wildman–Crippen LogP) is 7.70. The van der Waals surface area contributed by atoms with Gasteiger partial charge in [0.1, 0.15) is 35.6 Å². The number of alkyl carbamates (subject to hydrolysis) is 1. The Morgan fingerprint density at radius 1 is 1.09 bits per heavy atom. The summed E-state index contributed by atoms with van der Waals surface area (Å²) in [6.07, 6.45) is 5.40. The second-order valence-corrected chi connectivity index (χ2v) is 16.9. The highest BCUT2D eigenvalue weighted by Crippen LogP contribution is 2.41. The van der Waals surface area contributed by atoms with E-state index in [0.29, 0.717) is 38.5 Å². The zero-order valence-corrected chi connectivity index (χ0v) is 34.4. The second-order valence-electron chi connectivity index (χ2n) is 16.9. The second kappa shape index (κ2) is 15.9. The number of nitrogens with zero attached hydrogens (tertiary/aromatic N) is 4. The fourth-order valence-corrected chi connectivity index (χ4v) is 8.30. The van der Waals surface area contributed by atoms with Crippen LogP contribution < -0.4 is 10.1 Å². The number of carbonyl (C=O) groups is 3. The molecule has 2 aromatic carbocycles. The first-order chi connectivity index (χ1) is 27.1. The number of likely N-dealkylation sites (tertiary alicyclic amines) is 2. The number of carbonyl (C=O) groups excluding carboxylic acids is 3. The largest absolute Gasteiger partial charge is 0.488 e. The summed E-state index contributed by atoms with van der Waals surface area (Å²) in [5, 5.41) is 4.74. The van der Waals surface area contributed by atoms with Crippen molar-refractivity contribution in [2.24, 2.45) is 11.8 Å². The Balaban J connectivity index is 1.15. The number of ether oxygens (including phenoxy) is 4. The summed E-state index contributed by atoms with van der Waals surface area (Å²) in [4.78, 5) is 59.5. The molecule has 0 aliphatic carbocycles. The summed E-state index contributed by atoms with van der Waals surface area (Å²) in [5.41, 5.74) is 6.20. The zero-order valence-electron chi connectivity index (χ0n) is 34.4. The van der Waals surface area contributed by atoms with E-state index in [2.05, 4.69) is 58.4 Å². The number of hydrogen-bond donors (Lipinski definition) is 3. The van der Waals surface area contributed by atoms with Crippen molar-refractivity contribution in [3.05, 3.63) is 65.0 Å². The maximum atomic E-state index is 14.0. The van der Waals surface area contributed by atoms with Gasteiger partial charge in [-0.05, 0) is 100 Å². The van der Waals surface area contributed by atoms with Crippen LogP contribution in [0.4, 0.5) is 9.59 Å². The summed E-state index contributed by atoms with van der Waals surface area (Å²) in [6, 6.07) is 7.08. The van der Waals surface area contributed by atoms with Gasteiger partial charge in [-0.3, -0.25) is 9.69 Å². The van der Waals surface area contributed by atoms with E-state index in [0.717, 1.165) is 74.2 Å². The highest BCUT2D eigenvalue weighted by Gasteiger charge is 2.42.